The fourth-order valence-electron chi connectivity index (χ4n) is 2.61. The Hall–Kier alpha value is -1.81. The average molecular weight is 332 g/mol. The Morgan fingerprint density at radius 3 is 2.45 bits per heavy atom. The minimum Gasteiger partial charge on any atom is -0.507 e. The summed E-state index contributed by atoms with van der Waals surface area (Å²) in [5, 5.41) is 12.8. The third-order valence-electron chi connectivity index (χ3n) is 3.59. The van der Waals surface area contributed by atoms with Crippen LogP contribution in [0, 0.1) is 0 Å². The smallest absolute Gasteiger partial charge is 0.255 e. The summed E-state index contributed by atoms with van der Waals surface area (Å²) in [6, 6.07) is 13.2. The number of nitrogens with one attached hydrogen (secondary N) is 1. The van der Waals surface area contributed by atoms with Gasteiger partial charge in [0.25, 0.3) is 5.91 Å². The van der Waals surface area contributed by atoms with E-state index in [-0.39, 0.29) is 17.7 Å². The third-order valence-corrected chi connectivity index (χ3v) is 4.08. The standard InChI is InChI=1S/C16H14BrNO2/c17-12-5-6-15(19)14(9-12)16(20)18-13-7-10-3-1-2-4-11(10)8-13/h1-6,9,13,19H,7-8H2,(H,18,20). The highest BCUT2D eigenvalue weighted by molar-refractivity contribution is 9.10. The van der Waals surface area contributed by atoms with Crippen molar-refractivity contribution in [2.45, 2.75) is 18.9 Å². The third kappa shape index (κ3) is 2.56. The minimum atomic E-state index is -0.235. The monoisotopic (exact) mass is 331 g/mol. The zero-order valence-corrected chi connectivity index (χ0v) is 12.4. The van der Waals surface area contributed by atoms with Gasteiger partial charge >= 0.3 is 0 Å². The highest BCUT2D eigenvalue weighted by Crippen LogP contribution is 2.24. The molecule has 0 saturated carbocycles. The molecule has 0 atom stereocenters. The lowest BCUT2D eigenvalue weighted by molar-refractivity contribution is 0.0936. The first-order valence-corrected chi connectivity index (χ1v) is 7.29. The van der Waals surface area contributed by atoms with Gasteiger partial charge in [-0.15, -0.1) is 0 Å². The molecule has 0 aliphatic heterocycles. The van der Waals surface area contributed by atoms with Crippen LogP contribution in [0.5, 0.6) is 5.75 Å². The van der Waals surface area contributed by atoms with Crippen molar-refractivity contribution < 1.29 is 9.90 Å². The molecule has 0 saturated heterocycles. The molecule has 1 aliphatic rings. The number of aromatic hydroxyl groups is 1. The summed E-state index contributed by atoms with van der Waals surface area (Å²) >= 11 is 3.31. The maximum absolute atomic E-state index is 12.2. The number of carbonyl (C=O) groups excluding carboxylic acids is 1. The van der Waals surface area contributed by atoms with E-state index in [2.05, 4.69) is 33.4 Å². The number of rotatable bonds is 2. The SMILES string of the molecule is O=C(NC1Cc2ccccc2C1)c1cc(Br)ccc1O. The molecule has 0 bridgehead atoms. The summed E-state index contributed by atoms with van der Waals surface area (Å²) in [4.78, 5) is 12.2. The van der Waals surface area contributed by atoms with Crippen LogP contribution in [0.25, 0.3) is 0 Å². The molecule has 0 heterocycles. The molecule has 1 aliphatic carbocycles. The molecule has 0 fully saturated rings. The van der Waals surface area contributed by atoms with Crippen LogP contribution in [0.3, 0.4) is 0 Å². The number of amides is 1. The Kier molecular flexibility index (Phi) is 3.49. The highest BCUT2D eigenvalue weighted by Gasteiger charge is 2.23. The van der Waals surface area contributed by atoms with Crippen molar-refractivity contribution in [3.63, 3.8) is 0 Å². The zero-order chi connectivity index (χ0) is 14.1. The van der Waals surface area contributed by atoms with Crippen molar-refractivity contribution in [3.05, 3.63) is 63.6 Å². The average Bonchev–Trinajstić information content (AvgIpc) is 2.83. The Morgan fingerprint density at radius 2 is 1.80 bits per heavy atom. The summed E-state index contributed by atoms with van der Waals surface area (Å²) in [7, 11) is 0. The molecule has 2 aromatic carbocycles. The molecule has 20 heavy (non-hydrogen) atoms. The largest absolute Gasteiger partial charge is 0.507 e. The van der Waals surface area contributed by atoms with Crippen molar-refractivity contribution in [2.24, 2.45) is 0 Å². The second kappa shape index (κ2) is 5.29. The predicted molar refractivity (Wildman–Crippen MR) is 80.9 cm³/mol. The fraction of sp³-hybridized carbons (Fsp3) is 0.188. The molecule has 2 N–H and O–H groups in total. The second-order valence-electron chi connectivity index (χ2n) is 5.01. The van der Waals surface area contributed by atoms with E-state index < -0.39 is 0 Å². The van der Waals surface area contributed by atoms with Crippen molar-refractivity contribution >= 4 is 21.8 Å². The molecule has 0 spiro atoms. The Labute approximate surface area is 125 Å². The van der Waals surface area contributed by atoms with Crippen LogP contribution in [-0.4, -0.2) is 17.1 Å². The van der Waals surface area contributed by atoms with Gasteiger partial charge in [0.1, 0.15) is 5.75 Å². The number of fused-ring (bicyclic) bond motifs is 1. The van der Waals surface area contributed by atoms with E-state index in [1.807, 2.05) is 12.1 Å². The molecular weight excluding hydrogens is 318 g/mol. The minimum absolute atomic E-state index is 0.00112. The normalized spacial score (nSPS) is 14.1. The van der Waals surface area contributed by atoms with Crippen LogP contribution in [0.2, 0.25) is 0 Å². The Balaban J connectivity index is 1.74. The molecule has 3 nitrogen and oxygen atoms in total. The molecule has 4 heteroatoms. The number of carbonyl (C=O) groups is 1. The van der Waals surface area contributed by atoms with Crippen molar-refractivity contribution in [3.8, 4) is 5.75 Å². The van der Waals surface area contributed by atoms with Crippen LogP contribution in [0.4, 0.5) is 0 Å². The van der Waals surface area contributed by atoms with Crippen LogP contribution >= 0.6 is 15.9 Å². The number of phenolic OH excluding ortho intramolecular Hbond substituents is 1. The maximum atomic E-state index is 12.2. The number of benzene rings is 2. The molecule has 0 radical (unpaired) electrons. The lowest BCUT2D eigenvalue weighted by Crippen LogP contribution is -2.35. The number of phenols is 1. The molecule has 102 valence electrons. The quantitative estimate of drug-likeness (QED) is 0.888. The van der Waals surface area contributed by atoms with Gasteiger partial charge < -0.3 is 10.4 Å². The molecule has 1 amide bonds. The number of halogens is 1. The zero-order valence-electron chi connectivity index (χ0n) is 10.8. The predicted octanol–water partition coefficient (Wildman–Crippen LogP) is 3.05. The first-order chi connectivity index (χ1) is 9.63. The van der Waals surface area contributed by atoms with Crippen LogP contribution in [0.1, 0.15) is 21.5 Å². The highest BCUT2D eigenvalue weighted by atomic mass is 79.9. The Bertz CT molecular complexity index is 644. The molecular formula is C16H14BrNO2. The number of hydrogen-bond acceptors (Lipinski definition) is 2. The van der Waals surface area contributed by atoms with Crippen LogP contribution < -0.4 is 5.32 Å². The van der Waals surface area contributed by atoms with Gasteiger partial charge in [0.05, 0.1) is 5.56 Å². The summed E-state index contributed by atoms with van der Waals surface area (Å²) in [5.41, 5.74) is 2.88. The maximum Gasteiger partial charge on any atom is 0.255 e. The summed E-state index contributed by atoms with van der Waals surface area (Å²) in [6.07, 6.45) is 1.69. The van der Waals surface area contributed by atoms with Crippen molar-refractivity contribution in [2.75, 3.05) is 0 Å². The van der Waals surface area contributed by atoms with Gasteiger partial charge in [-0.3, -0.25) is 4.79 Å². The van der Waals surface area contributed by atoms with E-state index in [4.69, 9.17) is 0 Å². The Morgan fingerprint density at radius 1 is 1.15 bits per heavy atom. The molecule has 2 aromatic rings. The topological polar surface area (TPSA) is 49.3 Å². The summed E-state index contributed by atoms with van der Waals surface area (Å²) in [5.74, 6) is -0.234. The van der Waals surface area contributed by atoms with Gasteiger partial charge in [0.15, 0.2) is 0 Å². The van der Waals surface area contributed by atoms with Gasteiger partial charge in [-0.2, -0.15) is 0 Å². The van der Waals surface area contributed by atoms with E-state index in [9.17, 15) is 9.90 Å². The molecule has 3 rings (SSSR count). The fourth-order valence-corrected chi connectivity index (χ4v) is 2.98. The second-order valence-corrected chi connectivity index (χ2v) is 5.92. The summed E-state index contributed by atoms with van der Waals surface area (Å²) < 4.78 is 0.773. The van der Waals surface area contributed by atoms with Gasteiger partial charge in [-0.1, -0.05) is 40.2 Å². The van der Waals surface area contributed by atoms with E-state index in [0.717, 1.165) is 17.3 Å². The summed E-state index contributed by atoms with van der Waals surface area (Å²) in [6.45, 7) is 0. The lowest BCUT2D eigenvalue weighted by atomic mass is 10.1. The van der Waals surface area contributed by atoms with E-state index in [1.54, 1.807) is 12.1 Å². The molecule has 0 unspecified atom stereocenters. The first-order valence-electron chi connectivity index (χ1n) is 6.49. The van der Waals surface area contributed by atoms with Gasteiger partial charge in [-0.25, -0.2) is 0 Å². The van der Waals surface area contributed by atoms with Gasteiger partial charge in [0.2, 0.25) is 0 Å². The van der Waals surface area contributed by atoms with Crippen molar-refractivity contribution in [1.29, 1.82) is 0 Å². The van der Waals surface area contributed by atoms with E-state index in [1.165, 1.54) is 17.2 Å². The van der Waals surface area contributed by atoms with Crippen LogP contribution in [0.15, 0.2) is 46.9 Å². The number of hydrogen-bond donors (Lipinski definition) is 2. The first kappa shape index (κ1) is 13.2. The van der Waals surface area contributed by atoms with Crippen molar-refractivity contribution in [1.82, 2.24) is 5.32 Å². The van der Waals surface area contributed by atoms with E-state index in [0.29, 0.717) is 5.56 Å². The van der Waals surface area contributed by atoms with Gasteiger partial charge in [-0.05, 0) is 42.2 Å². The van der Waals surface area contributed by atoms with Crippen LogP contribution in [-0.2, 0) is 12.8 Å². The van der Waals surface area contributed by atoms with E-state index >= 15 is 0 Å². The molecule has 0 aromatic heterocycles. The van der Waals surface area contributed by atoms with Gasteiger partial charge in [0, 0.05) is 10.5 Å². The lowest BCUT2D eigenvalue weighted by Gasteiger charge is -2.13.